The molecule has 20 heavy (non-hydrogen) atoms. The molecule has 0 aliphatic heterocycles. The minimum absolute atomic E-state index is 0.465. The number of rotatable bonds is 5. The third-order valence-corrected chi connectivity index (χ3v) is 3.36. The summed E-state index contributed by atoms with van der Waals surface area (Å²) < 4.78 is 0. The molecule has 0 aliphatic carbocycles. The number of nitrogens with one attached hydrogen (secondary N) is 1. The number of para-hydroxylation sites is 1. The highest BCUT2D eigenvalue weighted by molar-refractivity contribution is 5.65. The first-order valence-electron chi connectivity index (χ1n) is 7.06. The van der Waals surface area contributed by atoms with Crippen LogP contribution < -0.4 is 10.2 Å². The Hall–Kier alpha value is -1.87. The van der Waals surface area contributed by atoms with Crippen LogP contribution in [0.5, 0.6) is 0 Å². The number of aryl methyl sites for hydroxylation is 1. The van der Waals surface area contributed by atoms with E-state index in [-0.39, 0.29) is 0 Å². The molecular formula is C17H23N3. The van der Waals surface area contributed by atoms with Gasteiger partial charge in [0.05, 0.1) is 0 Å². The lowest BCUT2D eigenvalue weighted by Gasteiger charge is -2.23. The zero-order valence-electron chi connectivity index (χ0n) is 12.7. The lowest BCUT2D eigenvalue weighted by molar-refractivity contribution is 0.588. The second-order valence-electron chi connectivity index (χ2n) is 5.37. The number of hydrogen-bond acceptors (Lipinski definition) is 3. The van der Waals surface area contributed by atoms with Crippen molar-refractivity contribution in [1.29, 1.82) is 0 Å². The van der Waals surface area contributed by atoms with E-state index in [0.717, 1.165) is 12.4 Å². The summed E-state index contributed by atoms with van der Waals surface area (Å²) in [4.78, 5) is 6.72. The van der Waals surface area contributed by atoms with Crippen LogP contribution in [0.25, 0.3) is 0 Å². The number of anilines is 2. The van der Waals surface area contributed by atoms with Crippen LogP contribution >= 0.6 is 0 Å². The molecule has 3 nitrogen and oxygen atoms in total. The molecule has 0 bridgehead atoms. The molecule has 0 saturated carbocycles. The molecule has 1 aromatic heterocycles. The number of hydrogen-bond donors (Lipinski definition) is 1. The molecule has 3 heteroatoms. The highest BCUT2D eigenvalue weighted by atomic mass is 15.2. The summed E-state index contributed by atoms with van der Waals surface area (Å²) in [6.45, 7) is 7.26. The molecule has 0 fully saturated rings. The standard InChI is InChI=1S/C17H23N3/c1-13(2)19-12-15-9-7-11-18-17(15)20(4)16-10-6-5-8-14(16)3/h5-11,13,19H,12H2,1-4H3. The second kappa shape index (κ2) is 6.53. The van der Waals surface area contributed by atoms with E-state index in [9.17, 15) is 0 Å². The maximum Gasteiger partial charge on any atom is 0.137 e. The Morgan fingerprint density at radius 1 is 1.15 bits per heavy atom. The first-order chi connectivity index (χ1) is 9.59. The van der Waals surface area contributed by atoms with Crippen molar-refractivity contribution in [3.8, 4) is 0 Å². The van der Waals surface area contributed by atoms with Gasteiger partial charge in [-0.15, -0.1) is 0 Å². The highest BCUT2D eigenvalue weighted by Crippen LogP contribution is 2.27. The van der Waals surface area contributed by atoms with Crippen molar-refractivity contribution in [1.82, 2.24) is 10.3 Å². The first-order valence-corrected chi connectivity index (χ1v) is 7.06. The number of nitrogens with zero attached hydrogens (tertiary/aromatic N) is 2. The van der Waals surface area contributed by atoms with E-state index in [0.29, 0.717) is 6.04 Å². The van der Waals surface area contributed by atoms with Gasteiger partial charge in [-0.3, -0.25) is 0 Å². The third kappa shape index (κ3) is 3.36. The van der Waals surface area contributed by atoms with Crippen LogP contribution in [0.15, 0.2) is 42.6 Å². The Labute approximate surface area is 121 Å². The second-order valence-corrected chi connectivity index (χ2v) is 5.37. The van der Waals surface area contributed by atoms with E-state index >= 15 is 0 Å². The van der Waals surface area contributed by atoms with Crippen LogP contribution in [0.3, 0.4) is 0 Å². The van der Waals surface area contributed by atoms with Gasteiger partial charge in [-0.05, 0) is 24.6 Å². The van der Waals surface area contributed by atoms with Gasteiger partial charge >= 0.3 is 0 Å². The lowest BCUT2D eigenvalue weighted by atomic mass is 10.1. The average Bonchev–Trinajstić information content (AvgIpc) is 2.45. The molecule has 1 heterocycles. The van der Waals surface area contributed by atoms with Crippen LogP contribution in [0, 0.1) is 6.92 Å². The van der Waals surface area contributed by atoms with Crippen molar-refractivity contribution in [3.05, 3.63) is 53.7 Å². The predicted octanol–water partition coefficient (Wildman–Crippen LogP) is 3.66. The Morgan fingerprint density at radius 2 is 1.90 bits per heavy atom. The summed E-state index contributed by atoms with van der Waals surface area (Å²) in [5.41, 5.74) is 3.66. The van der Waals surface area contributed by atoms with E-state index in [2.05, 4.69) is 73.4 Å². The Bertz CT molecular complexity index is 564. The van der Waals surface area contributed by atoms with Gasteiger partial charge in [-0.1, -0.05) is 38.1 Å². The minimum Gasteiger partial charge on any atom is -0.329 e. The zero-order chi connectivity index (χ0) is 14.5. The fourth-order valence-electron chi connectivity index (χ4n) is 2.24. The van der Waals surface area contributed by atoms with Gasteiger partial charge in [0.1, 0.15) is 5.82 Å². The van der Waals surface area contributed by atoms with Crippen LogP contribution in [-0.2, 0) is 6.54 Å². The zero-order valence-corrected chi connectivity index (χ0v) is 12.7. The molecule has 2 aromatic rings. The predicted molar refractivity (Wildman–Crippen MR) is 85.5 cm³/mol. The van der Waals surface area contributed by atoms with Crippen LogP contribution in [0.1, 0.15) is 25.0 Å². The molecule has 2 rings (SSSR count). The molecule has 106 valence electrons. The summed E-state index contributed by atoms with van der Waals surface area (Å²) in [5, 5.41) is 3.46. The van der Waals surface area contributed by atoms with Crippen LogP contribution in [0.2, 0.25) is 0 Å². The molecule has 0 amide bonds. The van der Waals surface area contributed by atoms with E-state index in [1.165, 1.54) is 16.8 Å². The average molecular weight is 269 g/mol. The fourth-order valence-corrected chi connectivity index (χ4v) is 2.24. The Kier molecular flexibility index (Phi) is 4.74. The number of pyridine rings is 1. The van der Waals surface area contributed by atoms with Gasteiger partial charge < -0.3 is 10.2 Å². The minimum atomic E-state index is 0.465. The molecule has 1 aromatic carbocycles. The van der Waals surface area contributed by atoms with Gasteiger partial charge in [0.2, 0.25) is 0 Å². The van der Waals surface area contributed by atoms with Gasteiger partial charge in [0.15, 0.2) is 0 Å². The number of aromatic nitrogens is 1. The quantitative estimate of drug-likeness (QED) is 0.898. The summed E-state index contributed by atoms with van der Waals surface area (Å²) in [7, 11) is 2.07. The summed E-state index contributed by atoms with van der Waals surface area (Å²) in [5.74, 6) is 1.01. The van der Waals surface area contributed by atoms with Crippen molar-refractivity contribution < 1.29 is 0 Å². The SMILES string of the molecule is Cc1ccccc1N(C)c1ncccc1CNC(C)C. The third-order valence-electron chi connectivity index (χ3n) is 3.36. The van der Waals surface area contributed by atoms with Gasteiger partial charge in [-0.2, -0.15) is 0 Å². The van der Waals surface area contributed by atoms with E-state index in [4.69, 9.17) is 0 Å². The van der Waals surface area contributed by atoms with Crippen molar-refractivity contribution >= 4 is 11.5 Å². The molecule has 0 unspecified atom stereocenters. The van der Waals surface area contributed by atoms with Crippen LogP contribution in [-0.4, -0.2) is 18.1 Å². The first kappa shape index (κ1) is 14.5. The smallest absolute Gasteiger partial charge is 0.137 e. The van der Waals surface area contributed by atoms with Gasteiger partial charge in [-0.25, -0.2) is 4.98 Å². The van der Waals surface area contributed by atoms with E-state index in [1.54, 1.807) is 0 Å². The molecule has 1 N–H and O–H groups in total. The summed E-state index contributed by atoms with van der Waals surface area (Å²) >= 11 is 0. The largest absolute Gasteiger partial charge is 0.329 e. The van der Waals surface area contributed by atoms with Gasteiger partial charge in [0.25, 0.3) is 0 Å². The Morgan fingerprint density at radius 3 is 2.60 bits per heavy atom. The summed E-state index contributed by atoms with van der Waals surface area (Å²) in [6, 6.07) is 13.0. The van der Waals surface area contributed by atoms with Gasteiger partial charge in [0, 0.05) is 37.1 Å². The highest BCUT2D eigenvalue weighted by Gasteiger charge is 2.12. The van der Waals surface area contributed by atoms with Crippen molar-refractivity contribution in [2.75, 3.05) is 11.9 Å². The molecule has 0 saturated heterocycles. The van der Waals surface area contributed by atoms with E-state index < -0.39 is 0 Å². The summed E-state index contributed by atoms with van der Waals surface area (Å²) in [6.07, 6.45) is 1.85. The molecule has 0 atom stereocenters. The van der Waals surface area contributed by atoms with E-state index in [1.807, 2.05) is 12.3 Å². The molecule has 0 radical (unpaired) electrons. The van der Waals surface area contributed by atoms with Crippen LogP contribution in [0.4, 0.5) is 11.5 Å². The fraction of sp³-hybridized carbons (Fsp3) is 0.353. The monoisotopic (exact) mass is 269 g/mol. The lowest BCUT2D eigenvalue weighted by Crippen LogP contribution is -2.24. The maximum atomic E-state index is 4.56. The van der Waals surface area contributed by atoms with Crippen molar-refractivity contribution in [3.63, 3.8) is 0 Å². The maximum absolute atomic E-state index is 4.56. The topological polar surface area (TPSA) is 28.2 Å². The normalized spacial score (nSPS) is 10.8. The Balaban J connectivity index is 2.30. The van der Waals surface area contributed by atoms with Crippen molar-refractivity contribution in [2.24, 2.45) is 0 Å². The molecule has 0 aliphatic rings. The molecular weight excluding hydrogens is 246 g/mol. The number of benzene rings is 1. The molecule has 0 spiro atoms. The van der Waals surface area contributed by atoms with Crippen molar-refractivity contribution in [2.45, 2.75) is 33.4 Å².